The Labute approximate surface area is 220 Å². The average Bonchev–Trinajstić information content (AvgIpc) is 2.84. The van der Waals surface area contributed by atoms with E-state index in [0.29, 0.717) is 11.3 Å². The highest BCUT2D eigenvalue weighted by molar-refractivity contribution is 5.91. The summed E-state index contributed by atoms with van der Waals surface area (Å²) in [7, 11) is 0. The maximum atomic E-state index is 12.4. The molecule has 3 atom stereocenters. The van der Waals surface area contributed by atoms with Crippen LogP contribution < -0.4 is 9.47 Å². The summed E-state index contributed by atoms with van der Waals surface area (Å²) in [5, 5.41) is 0. The van der Waals surface area contributed by atoms with Crippen molar-refractivity contribution >= 4 is 5.97 Å². The van der Waals surface area contributed by atoms with E-state index in [1.54, 1.807) is 12.1 Å². The van der Waals surface area contributed by atoms with Gasteiger partial charge in [0.25, 0.3) is 0 Å². The van der Waals surface area contributed by atoms with Gasteiger partial charge in [-0.1, -0.05) is 90.8 Å². The first kappa shape index (κ1) is 28.3. The maximum absolute atomic E-state index is 12.4. The summed E-state index contributed by atoms with van der Waals surface area (Å²) in [6.45, 7) is 11.8. The van der Waals surface area contributed by atoms with Crippen LogP contribution in [0.3, 0.4) is 0 Å². The normalized spacial score (nSPS) is 18.8. The summed E-state index contributed by atoms with van der Waals surface area (Å²) >= 11 is 0. The second-order valence-corrected chi connectivity index (χ2v) is 11.9. The van der Waals surface area contributed by atoms with Gasteiger partial charge in [-0.05, 0) is 86.3 Å². The molecule has 1 heterocycles. The minimum Gasteiger partial charge on any atom is -0.487 e. The second kappa shape index (κ2) is 13.9. The van der Waals surface area contributed by atoms with E-state index in [2.05, 4.69) is 34.6 Å². The molecule has 0 saturated carbocycles. The number of carbonyl (C=O) groups is 1. The molecular weight excluding hydrogens is 444 g/mol. The topological polar surface area (TPSA) is 35.5 Å². The second-order valence-electron chi connectivity index (χ2n) is 11.9. The van der Waals surface area contributed by atoms with Crippen LogP contribution in [-0.2, 0) is 6.42 Å². The van der Waals surface area contributed by atoms with Crippen LogP contribution in [0.4, 0.5) is 0 Å². The van der Waals surface area contributed by atoms with Crippen LogP contribution in [0.25, 0.3) is 0 Å². The number of hydrogen-bond donors (Lipinski definition) is 0. The summed E-state index contributed by atoms with van der Waals surface area (Å²) in [6.07, 6.45) is 13.8. The van der Waals surface area contributed by atoms with Crippen molar-refractivity contribution in [1.29, 1.82) is 0 Å². The predicted octanol–water partition coefficient (Wildman–Crippen LogP) is 9.43. The van der Waals surface area contributed by atoms with Crippen LogP contribution in [0.15, 0.2) is 48.5 Å². The van der Waals surface area contributed by atoms with Gasteiger partial charge in [-0.25, -0.2) is 4.79 Å². The number of rotatable bonds is 14. The quantitative estimate of drug-likeness (QED) is 0.195. The molecular formula is C33H48O3. The van der Waals surface area contributed by atoms with E-state index >= 15 is 0 Å². The number of hydrogen-bond acceptors (Lipinski definition) is 3. The summed E-state index contributed by atoms with van der Waals surface area (Å²) in [5.41, 5.74) is 1.58. The van der Waals surface area contributed by atoms with Gasteiger partial charge in [0, 0.05) is 0 Å². The Morgan fingerprint density at radius 1 is 0.889 bits per heavy atom. The fourth-order valence-electron chi connectivity index (χ4n) is 5.35. The lowest BCUT2D eigenvalue weighted by Crippen LogP contribution is -2.36. The third-order valence-electron chi connectivity index (χ3n) is 7.81. The first-order valence-corrected chi connectivity index (χ1v) is 14.3. The molecule has 1 aliphatic rings. The van der Waals surface area contributed by atoms with Gasteiger partial charge in [0.15, 0.2) is 0 Å². The molecule has 3 nitrogen and oxygen atoms in total. The largest absolute Gasteiger partial charge is 0.487 e. The van der Waals surface area contributed by atoms with Crippen molar-refractivity contribution in [2.45, 2.75) is 111 Å². The molecule has 3 unspecified atom stereocenters. The third kappa shape index (κ3) is 9.30. The minimum absolute atomic E-state index is 0.111. The van der Waals surface area contributed by atoms with Crippen molar-refractivity contribution < 1.29 is 14.3 Å². The van der Waals surface area contributed by atoms with E-state index in [9.17, 15) is 4.79 Å². The van der Waals surface area contributed by atoms with E-state index in [-0.39, 0.29) is 11.6 Å². The zero-order chi connectivity index (χ0) is 26.0. The lowest BCUT2D eigenvalue weighted by atomic mass is 9.86. The number of esters is 1. The van der Waals surface area contributed by atoms with Crippen molar-refractivity contribution in [2.24, 2.45) is 17.8 Å². The van der Waals surface area contributed by atoms with E-state index in [4.69, 9.17) is 9.47 Å². The first-order valence-electron chi connectivity index (χ1n) is 14.3. The van der Waals surface area contributed by atoms with Crippen molar-refractivity contribution in [3.63, 3.8) is 0 Å². The van der Waals surface area contributed by atoms with Gasteiger partial charge in [-0.3, -0.25) is 0 Å². The molecule has 0 spiro atoms. The Hall–Kier alpha value is -2.29. The molecule has 36 heavy (non-hydrogen) atoms. The summed E-state index contributed by atoms with van der Waals surface area (Å²) in [6, 6.07) is 14.9. The molecule has 0 bridgehead atoms. The highest BCUT2D eigenvalue weighted by Crippen LogP contribution is 2.38. The van der Waals surface area contributed by atoms with Gasteiger partial charge in [0.2, 0.25) is 0 Å². The SMILES string of the molecule is CC(C)CCCC(C)CCCC(C)CCCC1(C)CCc2cc(OC(=O)c3ccccc3)ccc2O1. The lowest BCUT2D eigenvalue weighted by Gasteiger charge is -2.36. The maximum Gasteiger partial charge on any atom is 0.343 e. The lowest BCUT2D eigenvalue weighted by molar-refractivity contribution is 0.0520. The Balaban J connectivity index is 1.37. The van der Waals surface area contributed by atoms with Crippen LogP contribution in [0, 0.1) is 17.8 Å². The molecule has 0 amide bonds. The fraction of sp³-hybridized carbons (Fsp3) is 0.606. The molecule has 0 radical (unpaired) electrons. The third-order valence-corrected chi connectivity index (χ3v) is 7.81. The summed E-state index contributed by atoms with van der Waals surface area (Å²) < 4.78 is 12.1. The summed E-state index contributed by atoms with van der Waals surface area (Å²) in [5.74, 6) is 3.68. The van der Waals surface area contributed by atoms with Crippen molar-refractivity contribution in [2.75, 3.05) is 0 Å². The molecule has 0 aromatic heterocycles. The smallest absolute Gasteiger partial charge is 0.343 e. The van der Waals surface area contributed by atoms with Gasteiger partial charge in [-0.2, -0.15) is 0 Å². The molecule has 2 aromatic rings. The van der Waals surface area contributed by atoms with Crippen molar-refractivity contribution in [1.82, 2.24) is 0 Å². The monoisotopic (exact) mass is 492 g/mol. The Morgan fingerprint density at radius 2 is 1.53 bits per heavy atom. The molecule has 2 aromatic carbocycles. The molecule has 1 aliphatic heterocycles. The Morgan fingerprint density at radius 3 is 2.19 bits per heavy atom. The van der Waals surface area contributed by atoms with Gasteiger partial charge >= 0.3 is 5.97 Å². The number of fused-ring (bicyclic) bond motifs is 1. The van der Waals surface area contributed by atoms with Crippen LogP contribution in [0.1, 0.15) is 115 Å². The Kier molecular flexibility index (Phi) is 10.9. The standard InChI is InChI=1S/C33H48O3/c1-25(2)12-9-13-26(3)14-10-15-27(4)16-11-22-33(5)23-21-29-24-30(19-20-31(29)36-33)35-32(34)28-17-7-6-8-18-28/h6-8,17-20,24-27H,9-16,21-23H2,1-5H3. The zero-order valence-corrected chi connectivity index (χ0v) is 23.4. The van der Waals surface area contributed by atoms with E-state index in [1.807, 2.05) is 36.4 Å². The van der Waals surface area contributed by atoms with E-state index in [0.717, 1.165) is 48.3 Å². The number of ether oxygens (including phenoxy) is 2. The van der Waals surface area contributed by atoms with Gasteiger partial charge in [-0.15, -0.1) is 0 Å². The molecule has 3 rings (SSSR count). The fourth-order valence-corrected chi connectivity index (χ4v) is 5.35. The van der Waals surface area contributed by atoms with Gasteiger partial charge in [0.05, 0.1) is 5.56 Å². The predicted molar refractivity (Wildman–Crippen MR) is 150 cm³/mol. The number of benzene rings is 2. The highest BCUT2D eigenvalue weighted by Gasteiger charge is 2.31. The average molecular weight is 493 g/mol. The molecule has 0 saturated heterocycles. The van der Waals surface area contributed by atoms with Crippen molar-refractivity contribution in [3.8, 4) is 11.5 Å². The van der Waals surface area contributed by atoms with Gasteiger partial charge < -0.3 is 9.47 Å². The first-order chi connectivity index (χ1) is 17.2. The minimum atomic E-state index is -0.327. The molecule has 0 aliphatic carbocycles. The summed E-state index contributed by atoms with van der Waals surface area (Å²) in [4.78, 5) is 12.4. The molecule has 0 fully saturated rings. The van der Waals surface area contributed by atoms with Crippen molar-refractivity contribution in [3.05, 3.63) is 59.7 Å². The zero-order valence-electron chi connectivity index (χ0n) is 23.4. The molecule has 3 heteroatoms. The highest BCUT2D eigenvalue weighted by atomic mass is 16.5. The number of aryl methyl sites for hydroxylation is 1. The van der Waals surface area contributed by atoms with Crippen LogP contribution in [0.5, 0.6) is 11.5 Å². The van der Waals surface area contributed by atoms with Crippen LogP contribution in [-0.4, -0.2) is 11.6 Å². The van der Waals surface area contributed by atoms with Crippen LogP contribution >= 0.6 is 0 Å². The van der Waals surface area contributed by atoms with E-state index < -0.39 is 0 Å². The van der Waals surface area contributed by atoms with Crippen LogP contribution in [0.2, 0.25) is 0 Å². The molecule has 0 N–H and O–H groups in total. The Bertz CT molecular complexity index is 935. The van der Waals surface area contributed by atoms with E-state index in [1.165, 1.54) is 51.4 Å². The van der Waals surface area contributed by atoms with Gasteiger partial charge in [0.1, 0.15) is 17.1 Å². The molecule has 198 valence electrons. The number of carbonyl (C=O) groups excluding carboxylic acids is 1.